The van der Waals surface area contributed by atoms with E-state index in [4.69, 9.17) is 14.7 Å². The maximum Gasteiger partial charge on any atom is 0.206 e. The summed E-state index contributed by atoms with van der Waals surface area (Å²) in [6.45, 7) is -0.464. The van der Waals surface area contributed by atoms with Gasteiger partial charge in [0.15, 0.2) is 0 Å². The van der Waals surface area contributed by atoms with Crippen LogP contribution in [0.1, 0.15) is 0 Å². The molecule has 0 spiro atoms. The number of ether oxygens (including phenoxy) is 1. The summed E-state index contributed by atoms with van der Waals surface area (Å²) in [7, 11) is 1.46. The summed E-state index contributed by atoms with van der Waals surface area (Å²) in [4.78, 5) is 4.74. The van der Waals surface area contributed by atoms with Gasteiger partial charge in [-0.05, 0) is 0 Å². The van der Waals surface area contributed by atoms with Crippen LogP contribution in [0.25, 0.3) is 0 Å². The predicted molar refractivity (Wildman–Crippen MR) is 43.9 cm³/mol. The van der Waals surface area contributed by atoms with Gasteiger partial charge < -0.3 is 25.2 Å². The standard InChI is InChI=1S/C7H15NO6/c1-8-14-7-6(12)5(11)4(10)3(2-9)13-7/h3-12H,2H2,1H3/t3-,4+,5+,6-,7+/m1/s1. The number of hydrogen-bond donors (Lipinski definition) is 5. The molecule has 0 saturated carbocycles. The largest absolute Gasteiger partial charge is 0.394 e. The van der Waals surface area contributed by atoms with E-state index in [9.17, 15) is 15.3 Å². The van der Waals surface area contributed by atoms with E-state index in [1.807, 2.05) is 0 Å². The van der Waals surface area contributed by atoms with Crippen LogP contribution in [0, 0.1) is 0 Å². The normalized spacial score (nSPS) is 43.9. The number of aliphatic hydroxyl groups is 4. The zero-order valence-corrected chi connectivity index (χ0v) is 7.70. The molecule has 7 nitrogen and oxygen atoms in total. The molecule has 0 unspecified atom stereocenters. The highest BCUT2D eigenvalue weighted by Gasteiger charge is 2.44. The Balaban J connectivity index is 2.63. The Morgan fingerprint density at radius 3 is 2.36 bits per heavy atom. The van der Waals surface area contributed by atoms with Crippen LogP contribution in [0.3, 0.4) is 0 Å². The molecule has 1 aliphatic rings. The lowest BCUT2D eigenvalue weighted by atomic mass is 9.99. The highest BCUT2D eigenvalue weighted by Crippen LogP contribution is 2.20. The fourth-order valence-corrected chi connectivity index (χ4v) is 1.28. The van der Waals surface area contributed by atoms with Gasteiger partial charge in [-0.15, -0.1) is 0 Å². The van der Waals surface area contributed by atoms with Crippen LogP contribution in [0.5, 0.6) is 0 Å². The second kappa shape index (κ2) is 4.99. The third kappa shape index (κ3) is 2.20. The van der Waals surface area contributed by atoms with Crippen molar-refractivity contribution >= 4 is 0 Å². The second-order valence-electron chi connectivity index (χ2n) is 3.02. The van der Waals surface area contributed by atoms with E-state index >= 15 is 0 Å². The molecule has 1 aliphatic heterocycles. The van der Waals surface area contributed by atoms with Crippen molar-refractivity contribution in [2.75, 3.05) is 13.7 Å². The van der Waals surface area contributed by atoms with Crippen molar-refractivity contribution in [2.24, 2.45) is 0 Å². The molecule has 0 amide bonds. The molecule has 1 fully saturated rings. The van der Waals surface area contributed by atoms with E-state index in [0.29, 0.717) is 0 Å². The number of nitrogens with one attached hydrogen (secondary N) is 1. The predicted octanol–water partition coefficient (Wildman–Crippen LogP) is -3.06. The van der Waals surface area contributed by atoms with E-state index in [1.165, 1.54) is 7.05 Å². The zero-order chi connectivity index (χ0) is 10.7. The highest BCUT2D eigenvalue weighted by molar-refractivity contribution is 4.88. The Labute approximate surface area is 80.8 Å². The fourth-order valence-electron chi connectivity index (χ4n) is 1.28. The number of rotatable bonds is 3. The molecule has 5 atom stereocenters. The molecule has 0 radical (unpaired) electrons. The minimum Gasteiger partial charge on any atom is -0.394 e. The molecular weight excluding hydrogens is 194 g/mol. The summed E-state index contributed by atoms with van der Waals surface area (Å²) < 4.78 is 4.98. The molecule has 0 aromatic carbocycles. The zero-order valence-electron chi connectivity index (χ0n) is 7.70. The molecule has 7 heteroatoms. The maximum absolute atomic E-state index is 9.37. The quantitative estimate of drug-likeness (QED) is 0.314. The molecule has 1 rings (SSSR count). The Kier molecular flexibility index (Phi) is 4.20. The van der Waals surface area contributed by atoms with Crippen molar-refractivity contribution in [3.8, 4) is 0 Å². The van der Waals surface area contributed by atoms with Crippen LogP contribution < -0.4 is 5.48 Å². The number of hydrogen-bond acceptors (Lipinski definition) is 7. The lowest BCUT2D eigenvalue weighted by Gasteiger charge is -2.39. The topological polar surface area (TPSA) is 111 Å². The van der Waals surface area contributed by atoms with Crippen LogP contribution in [0.15, 0.2) is 0 Å². The first-order valence-corrected chi connectivity index (χ1v) is 4.24. The van der Waals surface area contributed by atoms with Gasteiger partial charge in [0.25, 0.3) is 0 Å². The van der Waals surface area contributed by atoms with Gasteiger partial charge >= 0.3 is 0 Å². The summed E-state index contributed by atoms with van der Waals surface area (Å²) >= 11 is 0. The van der Waals surface area contributed by atoms with Gasteiger partial charge in [-0.1, -0.05) is 0 Å². The van der Waals surface area contributed by atoms with Crippen LogP contribution >= 0.6 is 0 Å². The first-order chi connectivity index (χ1) is 6.61. The highest BCUT2D eigenvalue weighted by atomic mass is 16.8. The average Bonchev–Trinajstić information content (AvgIpc) is 2.19. The minimum atomic E-state index is -1.40. The van der Waals surface area contributed by atoms with Crippen molar-refractivity contribution < 1.29 is 30.0 Å². The number of aliphatic hydroxyl groups excluding tert-OH is 4. The van der Waals surface area contributed by atoms with Crippen LogP contribution in [0.4, 0.5) is 0 Å². The van der Waals surface area contributed by atoms with E-state index in [1.54, 1.807) is 0 Å². The molecule has 1 saturated heterocycles. The second-order valence-corrected chi connectivity index (χ2v) is 3.02. The Hall–Kier alpha value is -0.280. The Morgan fingerprint density at radius 2 is 1.86 bits per heavy atom. The molecule has 0 aliphatic carbocycles. The van der Waals surface area contributed by atoms with E-state index in [0.717, 1.165) is 0 Å². The fraction of sp³-hybridized carbons (Fsp3) is 1.00. The molecule has 84 valence electrons. The summed E-state index contributed by atoms with van der Waals surface area (Å²) in [5, 5.41) is 36.8. The summed E-state index contributed by atoms with van der Waals surface area (Å²) in [6, 6.07) is 0. The van der Waals surface area contributed by atoms with Gasteiger partial charge in [0, 0.05) is 7.05 Å². The van der Waals surface area contributed by atoms with E-state index in [2.05, 4.69) is 5.48 Å². The average molecular weight is 209 g/mol. The van der Waals surface area contributed by atoms with Gasteiger partial charge in [-0.3, -0.25) is 4.84 Å². The molecule has 14 heavy (non-hydrogen) atoms. The van der Waals surface area contributed by atoms with Crippen LogP contribution in [-0.4, -0.2) is 64.8 Å². The van der Waals surface area contributed by atoms with Gasteiger partial charge in [-0.2, -0.15) is 0 Å². The van der Waals surface area contributed by atoms with Crippen LogP contribution in [-0.2, 0) is 9.57 Å². The van der Waals surface area contributed by atoms with Gasteiger partial charge in [0.1, 0.15) is 24.4 Å². The molecular formula is C7H15NO6. The van der Waals surface area contributed by atoms with Crippen molar-refractivity contribution in [1.29, 1.82) is 0 Å². The van der Waals surface area contributed by atoms with Gasteiger partial charge in [-0.25, -0.2) is 5.48 Å². The van der Waals surface area contributed by atoms with E-state index in [-0.39, 0.29) is 0 Å². The lowest BCUT2D eigenvalue weighted by molar-refractivity contribution is -0.314. The van der Waals surface area contributed by atoms with Gasteiger partial charge in [0.05, 0.1) is 6.61 Å². The first kappa shape index (κ1) is 11.8. The van der Waals surface area contributed by atoms with Crippen molar-refractivity contribution in [3.05, 3.63) is 0 Å². The minimum absolute atomic E-state index is 0.464. The molecule has 0 aromatic heterocycles. The smallest absolute Gasteiger partial charge is 0.206 e. The monoisotopic (exact) mass is 209 g/mol. The third-order valence-electron chi connectivity index (χ3n) is 2.08. The summed E-state index contributed by atoms with van der Waals surface area (Å²) in [5.41, 5.74) is 2.29. The maximum atomic E-state index is 9.37. The Bertz CT molecular complexity index is 176. The van der Waals surface area contributed by atoms with Crippen molar-refractivity contribution in [2.45, 2.75) is 30.7 Å². The summed E-state index contributed by atoms with van der Waals surface area (Å²) in [5.74, 6) is 0. The third-order valence-corrected chi connectivity index (χ3v) is 2.08. The molecule has 0 aromatic rings. The SMILES string of the molecule is CNO[C@@H]1O[C@H](CO)[C@H](O)[C@H](O)[C@H]1O. The lowest BCUT2D eigenvalue weighted by Crippen LogP contribution is -2.59. The Morgan fingerprint density at radius 1 is 1.21 bits per heavy atom. The molecule has 0 bridgehead atoms. The van der Waals surface area contributed by atoms with Crippen LogP contribution in [0.2, 0.25) is 0 Å². The van der Waals surface area contributed by atoms with Gasteiger partial charge in [0.2, 0.25) is 6.29 Å². The summed E-state index contributed by atoms with van der Waals surface area (Å²) in [6.07, 6.45) is -6.17. The van der Waals surface area contributed by atoms with E-state index < -0.39 is 37.3 Å². The number of hydroxylamine groups is 1. The van der Waals surface area contributed by atoms with Crippen molar-refractivity contribution in [1.82, 2.24) is 5.48 Å². The molecule has 5 N–H and O–H groups in total. The van der Waals surface area contributed by atoms with Crippen molar-refractivity contribution in [3.63, 3.8) is 0 Å². The molecule has 1 heterocycles. The first-order valence-electron chi connectivity index (χ1n) is 4.24.